The molecule has 0 heterocycles. The minimum absolute atomic E-state index is 0.0226. The van der Waals surface area contributed by atoms with E-state index in [9.17, 15) is 19.5 Å². The second kappa shape index (κ2) is 11.9. The molecule has 0 aliphatic rings. The van der Waals surface area contributed by atoms with Crippen LogP contribution in [-0.4, -0.2) is 17.9 Å². The maximum atomic E-state index is 13.0. The van der Waals surface area contributed by atoms with Crippen LogP contribution in [0.2, 0.25) is 0 Å². The number of non-ortho nitro benzene ring substituents is 1. The molecule has 0 unspecified atom stereocenters. The molecule has 0 fully saturated rings. The van der Waals surface area contributed by atoms with Gasteiger partial charge in [-0.2, -0.15) is 0 Å². The number of phosphoric acid groups is 1. The lowest BCUT2D eigenvalue weighted by molar-refractivity contribution is -0.384. The van der Waals surface area contributed by atoms with Crippen LogP contribution in [0.25, 0.3) is 0 Å². The SMILES string of the molecule is O=C(OCOP(=O)(OCc1ccccc1)OCc1ccccc1)Oc1ccc([N+](=O)[O-])cc1. The van der Waals surface area contributed by atoms with Crippen LogP contribution < -0.4 is 4.74 Å². The lowest BCUT2D eigenvalue weighted by Crippen LogP contribution is -2.13. The van der Waals surface area contributed by atoms with Crippen LogP contribution in [-0.2, 0) is 36.1 Å². The lowest BCUT2D eigenvalue weighted by atomic mass is 10.2. The fourth-order valence-corrected chi connectivity index (χ4v) is 3.49. The van der Waals surface area contributed by atoms with Crippen LogP contribution in [0.4, 0.5) is 10.5 Å². The van der Waals surface area contributed by atoms with E-state index >= 15 is 0 Å². The first-order chi connectivity index (χ1) is 15.9. The predicted molar refractivity (Wildman–Crippen MR) is 116 cm³/mol. The average molecular weight is 473 g/mol. The van der Waals surface area contributed by atoms with E-state index in [0.717, 1.165) is 11.1 Å². The summed E-state index contributed by atoms with van der Waals surface area (Å²) in [6, 6.07) is 22.8. The van der Waals surface area contributed by atoms with E-state index in [2.05, 4.69) is 0 Å². The van der Waals surface area contributed by atoms with Crippen LogP contribution in [0.5, 0.6) is 5.75 Å². The highest BCUT2D eigenvalue weighted by Crippen LogP contribution is 2.50. The Labute approximate surface area is 189 Å². The van der Waals surface area contributed by atoms with E-state index in [1.54, 1.807) is 48.5 Å². The van der Waals surface area contributed by atoms with Crippen LogP contribution in [0.3, 0.4) is 0 Å². The fourth-order valence-electron chi connectivity index (χ4n) is 2.47. The first kappa shape index (κ1) is 24.1. The Hall–Kier alpha value is -3.56. The minimum atomic E-state index is -4.11. The van der Waals surface area contributed by atoms with E-state index in [1.165, 1.54) is 24.3 Å². The molecule has 3 aromatic rings. The molecule has 33 heavy (non-hydrogen) atoms. The number of benzene rings is 3. The fraction of sp³-hybridized carbons (Fsp3) is 0.136. The van der Waals surface area contributed by atoms with Gasteiger partial charge in [0.25, 0.3) is 5.69 Å². The highest BCUT2D eigenvalue weighted by atomic mass is 31.2. The number of nitro groups is 1. The number of nitro benzene ring substituents is 1. The average Bonchev–Trinajstić information content (AvgIpc) is 2.83. The van der Waals surface area contributed by atoms with Gasteiger partial charge in [-0.25, -0.2) is 13.9 Å². The Morgan fingerprint density at radius 3 is 1.79 bits per heavy atom. The Morgan fingerprint density at radius 1 is 0.788 bits per heavy atom. The summed E-state index contributed by atoms with van der Waals surface area (Å²) in [6.45, 7) is -0.882. The number of hydrogen-bond acceptors (Lipinski definition) is 9. The monoisotopic (exact) mass is 473 g/mol. The van der Waals surface area contributed by atoms with Crippen molar-refractivity contribution < 1.29 is 37.3 Å². The molecule has 11 heteroatoms. The van der Waals surface area contributed by atoms with Gasteiger partial charge >= 0.3 is 14.0 Å². The molecular weight excluding hydrogens is 453 g/mol. The number of hydrogen-bond donors (Lipinski definition) is 0. The molecule has 0 atom stereocenters. The third kappa shape index (κ3) is 8.13. The summed E-state index contributed by atoms with van der Waals surface area (Å²) in [5, 5.41) is 10.7. The Kier molecular flexibility index (Phi) is 8.68. The molecule has 0 aliphatic carbocycles. The minimum Gasteiger partial charge on any atom is -0.406 e. The van der Waals surface area contributed by atoms with Crippen molar-refractivity contribution in [2.45, 2.75) is 13.2 Å². The van der Waals surface area contributed by atoms with Gasteiger partial charge in [0.05, 0.1) is 18.1 Å². The second-order valence-corrected chi connectivity index (χ2v) is 8.13. The number of phosphoric ester groups is 1. The standard InChI is InChI=1S/C22H20NO9P/c24-22(32-21-13-11-20(12-14-21)23(25)26)28-17-31-33(27,29-15-18-7-3-1-4-8-18)30-16-19-9-5-2-6-10-19/h1-14H,15-17H2. The van der Waals surface area contributed by atoms with Crippen LogP contribution in [0.1, 0.15) is 11.1 Å². The van der Waals surface area contributed by atoms with Gasteiger partial charge in [-0.1, -0.05) is 60.7 Å². The van der Waals surface area contributed by atoms with E-state index in [0.29, 0.717) is 0 Å². The summed E-state index contributed by atoms with van der Waals surface area (Å²) < 4.78 is 38.6. The molecule has 3 aromatic carbocycles. The first-order valence-corrected chi connectivity index (χ1v) is 11.1. The zero-order chi connectivity index (χ0) is 23.5. The van der Waals surface area contributed by atoms with Gasteiger partial charge in [0, 0.05) is 12.1 Å². The lowest BCUT2D eigenvalue weighted by Gasteiger charge is -2.18. The van der Waals surface area contributed by atoms with Gasteiger partial charge in [-0.05, 0) is 23.3 Å². The van der Waals surface area contributed by atoms with Crippen molar-refractivity contribution in [3.63, 3.8) is 0 Å². The van der Waals surface area contributed by atoms with Crippen molar-refractivity contribution >= 4 is 19.7 Å². The topological polar surface area (TPSA) is 123 Å². The molecule has 3 rings (SSSR count). The smallest absolute Gasteiger partial charge is 0.406 e. The molecule has 0 saturated carbocycles. The summed E-state index contributed by atoms with van der Waals surface area (Å²) in [5.41, 5.74) is 1.32. The van der Waals surface area contributed by atoms with Gasteiger partial charge in [0.2, 0.25) is 6.79 Å². The van der Waals surface area contributed by atoms with Crippen LogP contribution >= 0.6 is 7.82 Å². The quantitative estimate of drug-likeness (QED) is 0.0871. The molecule has 0 radical (unpaired) electrons. The maximum absolute atomic E-state index is 13.0. The number of carbonyl (C=O) groups excluding carboxylic acids is 1. The normalized spacial score (nSPS) is 11.0. The number of nitrogens with zero attached hydrogens (tertiary/aromatic N) is 1. The third-order valence-electron chi connectivity index (χ3n) is 4.10. The van der Waals surface area contributed by atoms with Crippen molar-refractivity contribution in [1.82, 2.24) is 0 Å². The van der Waals surface area contributed by atoms with Gasteiger partial charge in [-0.3, -0.25) is 19.2 Å². The molecule has 0 N–H and O–H groups in total. The van der Waals surface area contributed by atoms with E-state index in [1.807, 2.05) is 12.1 Å². The zero-order valence-corrected chi connectivity index (χ0v) is 18.2. The zero-order valence-electron chi connectivity index (χ0n) is 17.3. The molecule has 172 valence electrons. The van der Waals surface area contributed by atoms with Crippen molar-refractivity contribution in [2.75, 3.05) is 6.79 Å². The van der Waals surface area contributed by atoms with Gasteiger partial charge in [0.1, 0.15) is 5.75 Å². The molecule has 0 bridgehead atoms. The predicted octanol–water partition coefficient (Wildman–Crippen LogP) is 5.63. The summed E-state index contributed by atoms with van der Waals surface area (Å²) in [6.07, 6.45) is -1.17. The summed E-state index contributed by atoms with van der Waals surface area (Å²) in [5.74, 6) is 0.0226. The highest BCUT2D eigenvalue weighted by molar-refractivity contribution is 7.48. The van der Waals surface area contributed by atoms with E-state index in [4.69, 9.17) is 23.0 Å². The Morgan fingerprint density at radius 2 is 1.30 bits per heavy atom. The Balaban J connectivity index is 1.54. The summed E-state index contributed by atoms with van der Waals surface area (Å²) in [4.78, 5) is 21.9. The van der Waals surface area contributed by atoms with Crippen LogP contribution in [0, 0.1) is 10.1 Å². The molecule has 10 nitrogen and oxygen atoms in total. The van der Waals surface area contributed by atoms with Gasteiger partial charge in [0.15, 0.2) is 0 Å². The number of rotatable bonds is 11. The molecular formula is C22H20NO9P. The first-order valence-electron chi connectivity index (χ1n) is 9.64. The Bertz CT molecular complexity index is 1040. The summed E-state index contributed by atoms with van der Waals surface area (Å²) >= 11 is 0. The highest BCUT2D eigenvalue weighted by Gasteiger charge is 2.28. The number of carbonyl (C=O) groups is 1. The van der Waals surface area contributed by atoms with E-state index < -0.39 is 25.7 Å². The van der Waals surface area contributed by atoms with Crippen molar-refractivity contribution in [3.05, 3.63) is 106 Å². The second-order valence-electron chi connectivity index (χ2n) is 6.46. The van der Waals surface area contributed by atoms with Crippen molar-refractivity contribution in [1.29, 1.82) is 0 Å². The molecule has 0 amide bonds. The molecule has 0 spiro atoms. The van der Waals surface area contributed by atoms with Gasteiger partial charge < -0.3 is 9.47 Å². The van der Waals surface area contributed by atoms with Gasteiger partial charge in [-0.15, -0.1) is 0 Å². The van der Waals surface area contributed by atoms with E-state index in [-0.39, 0.29) is 24.7 Å². The molecule has 0 aliphatic heterocycles. The largest absolute Gasteiger partial charge is 0.515 e. The molecule has 0 aromatic heterocycles. The summed E-state index contributed by atoms with van der Waals surface area (Å²) in [7, 11) is -4.11. The molecule has 0 saturated heterocycles. The maximum Gasteiger partial charge on any atom is 0.515 e. The van der Waals surface area contributed by atoms with Crippen molar-refractivity contribution in [2.24, 2.45) is 0 Å². The van der Waals surface area contributed by atoms with Crippen LogP contribution in [0.15, 0.2) is 84.9 Å². The third-order valence-corrected chi connectivity index (χ3v) is 5.41. The number of ether oxygens (including phenoxy) is 2. The van der Waals surface area contributed by atoms with Crippen molar-refractivity contribution in [3.8, 4) is 5.75 Å².